The quantitative estimate of drug-likeness (QED) is 0.472. The van der Waals surface area contributed by atoms with Crippen LogP contribution in [-0.2, 0) is 4.74 Å². The lowest BCUT2D eigenvalue weighted by atomic mass is 10.1. The SMILES string of the molecule is Nc1nc(F)nc2ncn(C3O[C@H](CO)[C@@H](O)[C@@H]3O)c12. The van der Waals surface area contributed by atoms with Crippen LogP contribution >= 0.6 is 0 Å². The molecule has 0 bridgehead atoms. The van der Waals surface area contributed by atoms with Crippen molar-refractivity contribution in [2.24, 2.45) is 0 Å². The molecule has 1 fully saturated rings. The lowest BCUT2D eigenvalue weighted by Gasteiger charge is -2.17. The first-order valence-electron chi connectivity index (χ1n) is 5.81. The molecule has 0 aromatic carbocycles. The van der Waals surface area contributed by atoms with E-state index in [1.165, 1.54) is 10.9 Å². The van der Waals surface area contributed by atoms with Crippen molar-refractivity contribution >= 4 is 17.0 Å². The summed E-state index contributed by atoms with van der Waals surface area (Å²) in [6.07, 6.45) is -4.28. The molecule has 0 amide bonds. The van der Waals surface area contributed by atoms with E-state index in [9.17, 15) is 14.6 Å². The molecule has 9 nitrogen and oxygen atoms in total. The van der Waals surface area contributed by atoms with Crippen LogP contribution in [0.2, 0.25) is 0 Å². The minimum atomic E-state index is -1.30. The highest BCUT2D eigenvalue weighted by Crippen LogP contribution is 2.32. The predicted octanol–water partition coefficient (Wildman–Crippen LogP) is -1.84. The number of aromatic nitrogens is 4. The number of aliphatic hydroxyl groups is 3. The van der Waals surface area contributed by atoms with Gasteiger partial charge in [-0.15, -0.1) is 0 Å². The van der Waals surface area contributed by atoms with Gasteiger partial charge < -0.3 is 25.8 Å². The Balaban J connectivity index is 2.07. The van der Waals surface area contributed by atoms with Crippen LogP contribution in [0.4, 0.5) is 10.2 Å². The molecular formula is C10H12FN5O4. The predicted molar refractivity (Wildman–Crippen MR) is 62.7 cm³/mol. The van der Waals surface area contributed by atoms with Crippen molar-refractivity contribution in [1.29, 1.82) is 0 Å². The molecule has 3 rings (SSSR count). The summed E-state index contributed by atoms with van der Waals surface area (Å²) in [5.41, 5.74) is 5.81. The topological polar surface area (TPSA) is 140 Å². The smallest absolute Gasteiger partial charge is 0.312 e. The standard InChI is InChI=1S/C10H12FN5O4/c11-10-14-7(12)4-8(15-10)13-2-16(4)9-6(19)5(18)3(1-17)20-9/h2-3,5-6,9,17-19H,1H2,(H2,12,14,15)/t3-,5-,6+,9?/m1/s1. The molecule has 1 unspecified atom stereocenters. The van der Waals surface area contributed by atoms with Gasteiger partial charge in [0.15, 0.2) is 17.7 Å². The van der Waals surface area contributed by atoms with Gasteiger partial charge in [0.25, 0.3) is 0 Å². The summed E-state index contributed by atoms with van der Waals surface area (Å²) < 4.78 is 19.7. The molecule has 0 aliphatic carbocycles. The Morgan fingerprint density at radius 3 is 2.75 bits per heavy atom. The minimum Gasteiger partial charge on any atom is -0.394 e. The number of halogens is 1. The number of nitrogen functional groups attached to an aromatic ring is 1. The van der Waals surface area contributed by atoms with Gasteiger partial charge in [-0.2, -0.15) is 14.4 Å². The normalized spacial score (nSPS) is 30.2. The molecule has 0 saturated carbocycles. The van der Waals surface area contributed by atoms with Crippen molar-refractivity contribution in [3.05, 3.63) is 12.4 Å². The third kappa shape index (κ3) is 1.81. The van der Waals surface area contributed by atoms with Crippen LogP contribution in [0.25, 0.3) is 11.2 Å². The summed E-state index contributed by atoms with van der Waals surface area (Å²) in [5.74, 6) is -0.164. The maximum atomic E-state index is 13.0. The van der Waals surface area contributed by atoms with E-state index in [1.54, 1.807) is 0 Å². The summed E-state index contributed by atoms with van der Waals surface area (Å²) in [6, 6.07) is 0. The summed E-state index contributed by atoms with van der Waals surface area (Å²) in [6.45, 7) is -0.456. The zero-order chi connectivity index (χ0) is 14.4. The number of imidazole rings is 1. The molecule has 0 radical (unpaired) electrons. The third-order valence-electron chi connectivity index (χ3n) is 3.22. The Hall–Kier alpha value is -1.88. The van der Waals surface area contributed by atoms with Gasteiger partial charge in [0.2, 0.25) is 0 Å². The Kier molecular flexibility index (Phi) is 3.01. The second kappa shape index (κ2) is 4.59. The number of nitrogens with zero attached hydrogens (tertiary/aromatic N) is 4. The number of ether oxygens (including phenoxy) is 1. The molecule has 1 aliphatic heterocycles. The molecule has 5 N–H and O–H groups in total. The highest BCUT2D eigenvalue weighted by Gasteiger charge is 2.44. The summed E-state index contributed by atoms with van der Waals surface area (Å²) in [4.78, 5) is 10.7. The van der Waals surface area contributed by atoms with E-state index in [-0.39, 0.29) is 17.0 Å². The van der Waals surface area contributed by atoms with Crippen LogP contribution < -0.4 is 5.73 Å². The number of fused-ring (bicyclic) bond motifs is 1. The van der Waals surface area contributed by atoms with E-state index in [0.717, 1.165) is 0 Å². The fourth-order valence-corrected chi connectivity index (χ4v) is 2.25. The van der Waals surface area contributed by atoms with Gasteiger partial charge in [-0.25, -0.2) is 4.98 Å². The van der Waals surface area contributed by atoms with Crippen molar-refractivity contribution in [3.8, 4) is 0 Å². The van der Waals surface area contributed by atoms with Gasteiger partial charge in [-0.1, -0.05) is 0 Å². The molecule has 0 spiro atoms. The molecule has 3 heterocycles. The number of anilines is 1. The zero-order valence-electron chi connectivity index (χ0n) is 10.1. The zero-order valence-corrected chi connectivity index (χ0v) is 10.1. The summed E-state index contributed by atoms with van der Waals surface area (Å²) >= 11 is 0. The lowest BCUT2D eigenvalue weighted by molar-refractivity contribution is -0.0508. The Morgan fingerprint density at radius 1 is 1.35 bits per heavy atom. The highest BCUT2D eigenvalue weighted by atomic mass is 19.1. The lowest BCUT2D eigenvalue weighted by Crippen LogP contribution is -2.33. The second-order valence-electron chi connectivity index (χ2n) is 4.43. The first-order chi connectivity index (χ1) is 9.52. The molecule has 2 aromatic heterocycles. The van der Waals surface area contributed by atoms with Crippen molar-refractivity contribution in [1.82, 2.24) is 19.5 Å². The Labute approximate surface area is 111 Å². The van der Waals surface area contributed by atoms with Crippen LogP contribution in [0.15, 0.2) is 6.33 Å². The van der Waals surface area contributed by atoms with Crippen molar-refractivity contribution in [2.75, 3.05) is 12.3 Å². The van der Waals surface area contributed by atoms with Crippen LogP contribution in [0, 0.1) is 6.08 Å². The number of nitrogens with two attached hydrogens (primary N) is 1. The second-order valence-corrected chi connectivity index (χ2v) is 4.43. The van der Waals surface area contributed by atoms with E-state index >= 15 is 0 Å². The minimum absolute atomic E-state index is 0.00717. The first kappa shape index (κ1) is 13.1. The van der Waals surface area contributed by atoms with Crippen LogP contribution in [0.3, 0.4) is 0 Å². The fourth-order valence-electron chi connectivity index (χ4n) is 2.25. The largest absolute Gasteiger partial charge is 0.394 e. The molecule has 108 valence electrons. The number of hydrogen-bond donors (Lipinski definition) is 4. The fraction of sp³-hybridized carbons (Fsp3) is 0.500. The van der Waals surface area contributed by atoms with E-state index in [4.69, 9.17) is 15.6 Å². The number of hydrogen-bond acceptors (Lipinski definition) is 8. The number of rotatable bonds is 2. The van der Waals surface area contributed by atoms with Gasteiger partial charge in [0.1, 0.15) is 30.2 Å². The van der Waals surface area contributed by atoms with Gasteiger partial charge >= 0.3 is 6.08 Å². The maximum absolute atomic E-state index is 13.0. The molecule has 20 heavy (non-hydrogen) atoms. The van der Waals surface area contributed by atoms with E-state index in [1.807, 2.05) is 0 Å². The average Bonchev–Trinajstić information content (AvgIpc) is 2.93. The molecule has 4 atom stereocenters. The van der Waals surface area contributed by atoms with Crippen molar-refractivity contribution < 1.29 is 24.4 Å². The van der Waals surface area contributed by atoms with Crippen molar-refractivity contribution in [3.63, 3.8) is 0 Å². The summed E-state index contributed by atoms with van der Waals surface area (Å²) in [5, 5.41) is 28.7. The average molecular weight is 285 g/mol. The highest BCUT2D eigenvalue weighted by molar-refractivity contribution is 5.81. The molecule has 2 aromatic rings. The summed E-state index contributed by atoms with van der Waals surface area (Å²) in [7, 11) is 0. The van der Waals surface area contributed by atoms with Gasteiger partial charge in [0, 0.05) is 0 Å². The Bertz CT molecular complexity index is 650. The molecule has 1 saturated heterocycles. The first-order valence-corrected chi connectivity index (χ1v) is 5.81. The van der Waals surface area contributed by atoms with Gasteiger partial charge in [-0.3, -0.25) is 4.57 Å². The van der Waals surface area contributed by atoms with Crippen molar-refractivity contribution in [2.45, 2.75) is 24.5 Å². The van der Waals surface area contributed by atoms with E-state index in [2.05, 4.69) is 15.0 Å². The van der Waals surface area contributed by atoms with E-state index < -0.39 is 37.2 Å². The number of aliphatic hydroxyl groups excluding tert-OH is 3. The monoisotopic (exact) mass is 285 g/mol. The van der Waals surface area contributed by atoms with Crippen LogP contribution in [0.1, 0.15) is 6.23 Å². The van der Waals surface area contributed by atoms with Crippen LogP contribution in [0.5, 0.6) is 0 Å². The molecular weight excluding hydrogens is 273 g/mol. The van der Waals surface area contributed by atoms with Gasteiger partial charge in [-0.05, 0) is 0 Å². The third-order valence-corrected chi connectivity index (χ3v) is 3.22. The Morgan fingerprint density at radius 2 is 2.10 bits per heavy atom. The van der Waals surface area contributed by atoms with Crippen LogP contribution in [-0.4, -0.2) is 59.8 Å². The maximum Gasteiger partial charge on any atom is 0.312 e. The van der Waals surface area contributed by atoms with E-state index in [0.29, 0.717) is 0 Å². The van der Waals surface area contributed by atoms with Gasteiger partial charge in [0.05, 0.1) is 6.61 Å². The molecule has 1 aliphatic rings. The molecule has 10 heteroatoms.